The number of benzene rings is 1. The number of hydrogen-bond donors (Lipinski definition) is 1. The van der Waals surface area contributed by atoms with E-state index in [4.69, 9.17) is 11.6 Å². The van der Waals surface area contributed by atoms with Crippen molar-refractivity contribution in [1.29, 1.82) is 0 Å². The number of imide groups is 1. The van der Waals surface area contributed by atoms with Crippen molar-refractivity contribution in [3.05, 3.63) is 46.7 Å². The van der Waals surface area contributed by atoms with E-state index in [0.29, 0.717) is 22.8 Å². The minimum atomic E-state index is -0.759. The SMILES string of the molecule is Cc1nn(-c2ccccc2)c(Cl)c1CN1C(=O)N[C@]2(CCCC[C@H]2C)C1=O. The third-order valence-electron chi connectivity index (χ3n) is 5.94. The molecule has 1 aromatic carbocycles. The fraction of sp³-hybridized carbons (Fsp3) is 0.450. The van der Waals surface area contributed by atoms with Crippen molar-refractivity contribution >= 4 is 23.5 Å². The summed E-state index contributed by atoms with van der Waals surface area (Å²) in [4.78, 5) is 27.1. The first-order valence-electron chi connectivity index (χ1n) is 9.37. The largest absolute Gasteiger partial charge is 0.325 e. The first-order chi connectivity index (χ1) is 12.9. The molecule has 2 atom stereocenters. The normalized spacial score (nSPS) is 25.3. The average Bonchev–Trinajstić information content (AvgIpc) is 3.08. The van der Waals surface area contributed by atoms with Crippen LogP contribution in [0.1, 0.15) is 43.9 Å². The van der Waals surface area contributed by atoms with Gasteiger partial charge in [-0.15, -0.1) is 0 Å². The maximum Gasteiger partial charge on any atom is 0.325 e. The summed E-state index contributed by atoms with van der Waals surface area (Å²) in [7, 11) is 0. The number of carbonyl (C=O) groups is 2. The Balaban J connectivity index is 1.64. The molecule has 7 heteroatoms. The molecule has 142 valence electrons. The molecule has 2 heterocycles. The molecule has 0 bridgehead atoms. The molecule has 1 aliphatic carbocycles. The predicted octanol–water partition coefficient (Wildman–Crippen LogP) is 3.83. The second kappa shape index (κ2) is 6.68. The van der Waals surface area contributed by atoms with Gasteiger partial charge in [-0.1, -0.05) is 49.6 Å². The Bertz CT molecular complexity index is 895. The van der Waals surface area contributed by atoms with E-state index >= 15 is 0 Å². The van der Waals surface area contributed by atoms with Crippen molar-refractivity contribution < 1.29 is 9.59 Å². The van der Waals surface area contributed by atoms with Gasteiger partial charge in [-0.05, 0) is 37.8 Å². The number of halogens is 1. The highest BCUT2D eigenvalue weighted by Crippen LogP contribution is 2.39. The number of aromatic nitrogens is 2. The zero-order chi connectivity index (χ0) is 19.2. The lowest BCUT2D eigenvalue weighted by Gasteiger charge is -2.36. The standard InChI is InChI=1S/C20H23ClN4O2/c1-13-8-6-7-11-20(13)18(26)24(19(27)22-20)12-16-14(2)23-25(17(16)21)15-9-4-3-5-10-15/h3-5,9-10,13H,6-8,11-12H2,1-2H3,(H,22,27)/t13-,20+/m1/s1. The van der Waals surface area contributed by atoms with E-state index in [0.717, 1.165) is 24.9 Å². The Morgan fingerprint density at radius 3 is 2.70 bits per heavy atom. The van der Waals surface area contributed by atoms with Crippen molar-refractivity contribution in [2.24, 2.45) is 5.92 Å². The van der Waals surface area contributed by atoms with Gasteiger partial charge in [-0.3, -0.25) is 9.69 Å². The second-order valence-corrected chi connectivity index (χ2v) is 7.90. The van der Waals surface area contributed by atoms with Crippen molar-refractivity contribution in [2.45, 2.75) is 51.6 Å². The lowest BCUT2D eigenvalue weighted by molar-refractivity contribution is -0.134. The number of para-hydroxylation sites is 1. The van der Waals surface area contributed by atoms with Crippen molar-refractivity contribution in [3.63, 3.8) is 0 Å². The van der Waals surface area contributed by atoms with Crippen LogP contribution in [-0.4, -0.2) is 32.2 Å². The number of carbonyl (C=O) groups excluding carboxylic acids is 2. The fourth-order valence-corrected chi connectivity index (χ4v) is 4.58. The molecule has 4 rings (SSSR count). The fourth-order valence-electron chi connectivity index (χ4n) is 4.25. The lowest BCUT2D eigenvalue weighted by atomic mass is 9.73. The van der Waals surface area contributed by atoms with Gasteiger partial charge in [0.1, 0.15) is 10.7 Å². The number of urea groups is 1. The summed E-state index contributed by atoms with van der Waals surface area (Å²) in [5.41, 5.74) is 1.49. The van der Waals surface area contributed by atoms with Crippen molar-refractivity contribution in [2.75, 3.05) is 0 Å². The van der Waals surface area contributed by atoms with E-state index in [2.05, 4.69) is 10.4 Å². The summed E-state index contributed by atoms with van der Waals surface area (Å²) in [5, 5.41) is 7.92. The number of hydrogen-bond acceptors (Lipinski definition) is 3. The van der Waals surface area contributed by atoms with Crippen LogP contribution in [0.15, 0.2) is 30.3 Å². The van der Waals surface area contributed by atoms with Crippen LogP contribution in [0.25, 0.3) is 5.69 Å². The van der Waals surface area contributed by atoms with E-state index in [1.165, 1.54) is 4.90 Å². The number of nitrogens with zero attached hydrogens (tertiary/aromatic N) is 3. The van der Waals surface area contributed by atoms with Crippen LogP contribution >= 0.6 is 11.6 Å². The van der Waals surface area contributed by atoms with Gasteiger partial charge in [-0.2, -0.15) is 5.10 Å². The Morgan fingerprint density at radius 1 is 1.26 bits per heavy atom. The van der Waals surface area contributed by atoms with Gasteiger partial charge in [0.05, 0.1) is 17.9 Å². The van der Waals surface area contributed by atoms with Gasteiger partial charge in [0.2, 0.25) is 0 Å². The van der Waals surface area contributed by atoms with Crippen LogP contribution < -0.4 is 5.32 Å². The molecule has 1 saturated heterocycles. The molecule has 1 saturated carbocycles. The van der Waals surface area contributed by atoms with E-state index in [1.807, 2.05) is 44.2 Å². The van der Waals surface area contributed by atoms with Gasteiger partial charge in [0.15, 0.2) is 0 Å². The van der Waals surface area contributed by atoms with E-state index in [-0.39, 0.29) is 24.4 Å². The summed E-state index contributed by atoms with van der Waals surface area (Å²) >= 11 is 6.57. The molecule has 0 radical (unpaired) electrons. The highest BCUT2D eigenvalue weighted by molar-refractivity contribution is 6.30. The quantitative estimate of drug-likeness (QED) is 0.815. The predicted molar refractivity (Wildman–Crippen MR) is 103 cm³/mol. The van der Waals surface area contributed by atoms with Crippen LogP contribution in [0.3, 0.4) is 0 Å². The minimum absolute atomic E-state index is 0.135. The molecule has 2 aliphatic rings. The molecular weight excluding hydrogens is 364 g/mol. The van der Waals surface area contributed by atoms with E-state index < -0.39 is 5.54 Å². The number of nitrogens with one attached hydrogen (secondary N) is 1. The Labute approximate surface area is 163 Å². The molecule has 2 aromatic rings. The molecule has 27 heavy (non-hydrogen) atoms. The maximum absolute atomic E-state index is 13.2. The smallest absolute Gasteiger partial charge is 0.323 e. The van der Waals surface area contributed by atoms with Crippen LogP contribution in [-0.2, 0) is 11.3 Å². The number of amides is 3. The van der Waals surface area contributed by atoms with Crippen LogP contribution in [0, 0.1) is 12.8 Å². The molecular formula is C20H23ClN4O2. The van der Waals surface area contributed by atoms with Crippen LogP contribution in [0.2, 0.25) is 5.15 Å². The number of rotatable bonds is 3. The Hall–Kier alpha value is -2.34. The second-order valence-electron chi connectivity index (χ2n) is 7.54. The molecule has 2 fully saturated rings. The molecule has 1 N–H and O–H groups in total. The lowest BCUT2D eigenvalue weighted by Crippen LogP contribution is -2.53. The summed E-state index contributed by atoms with van der Waals surface area (Å²) in [6.07, 6.45) is 3.70. The van der Waals surface area contributed by atoms with E-state index in [9.17, 15) is 9.59 Å². The van der Waals surface area contributed by atoms with Gasteiger partial charge in [0.25, 0.3) is 5.91 Å². The summed E-state index contributed by atoms with van der Waals surface area (Å²) in [5.74, 6) is -0.000983. The molecule has 1 spiro atoms. The third-order valence-corrected chi connectivity index (χ3v) is 6.33. The Morgan fingerprint density at radius 2 is 2.00 bits per heavy atom. The molecule has 1 aromatic heterocycles. The zero-order valence-electron chi connectivity index (χ0n) is 15.5. The van der Waals surface area contributed by atoms with Crippen molar-refractivity contribution in [1.82, 2.24) is 20.0 Å². The van der Waals surface area contributed by atoms with Crippen molar-refractivity contribution in [3.8, 4) is 5.69 Å². The summed E-state index contributed by atoms with van der Waals surface area (Å²) in [6, 6.07) is 9.23. The van der Waals surface area contributed by atoms with E-state index in [1.54, 1.807) is 4.68 Å². The molecule has 3 amide bonds. The third kappa shape index (κ3) is 2.83. The van der Waals surface area contributed by atoms with Crippen LogP contribution in [0.4, 0.5) is 4.79 Å². The van der Waals surface area contributed by atoms with Gasteiger partial charge in [-0.25, -0.2) is 9.48 Å². The first-order valence-corrected chi connectivity index (χ1v) is 9.75. The maximum atomic E-state index is 13.2. The van der Waals surface area contributed by atoms with Gasteiger partial charge < -0.3 is 5.32 Å². The topological polar surface area (TPSA) is 67.2 Å². The highest BCUT2D eigenvalue weighted by Gasteiger charge is 2.54. The minimum Gasteiger partial charge on any atom is -0.323 e. The monoisotopic (exact) mass is 386 g/mol. The van der Waals surface area contributed by atoms with Crippen LogP contribution in [0.5, 0.6) is 0 Å². The van der Waals surface area contributed by atoms with Gasteiger partial charge >= 0.3 is 6.03 Å². The molecule has 0 unspecified atom stereocenters. The summed E-state index contributed by atoms with van der Waals surface area (Å²) in [6.45, 7) is 4.03. The summed E-state index contributed by atoms with van der Waals surface area (Å²) < 4.78 is 1.64. The molecule has 1 aliphatic heterocycles. The Kier molecular flexibility index (Phi) is 4.46. The zero-order valence-corrected chi connectivity index (χ0v) is 16.3. The highest BCUT2D eigenvalue weighted by atomic mass is 35.5. The average molecular weight is 387 g/mol. The molecule has 6 nitrogen and oxygen atoms in total. The first kappa shape index (κ1) is 18.0. The number of aryl methyl sites for hydroxylation is 1. The van der Waals surface area contributed by atoms with Gasteiger partial charge in [0, 0.05) is 5.56 Å².